The molecular weight excluding hydrogens is 304 g/mol. The molecule has 0 aromatic heterocycles. The quantitative estimate of drug-likeness (QED) is 0.720. The molecule has 2 saturated heterocycles. The van der Waals surface area contributed by atoms with E-state index in [-0.39, 0.29) is 29.4 Å². The molecule has 0 aliphatic carbocycles. The average molecular weight is 324 g/mol. The van der Waals surface area contributed by atoms with E-state index >= 15 is 0 Å². The maximum atomic E-state index is 12.3. The van der Waals surface area contributed by atoms with Crippen molar-refractivity contribution in [2.75, 3.05) is 37.7 Å². The minimum atomic E-state index is -1.81. The topological polar surface area (TPSA) is 98.2 Å². The fraction of sp³-hybridized carbons (Fsp3) is 0.909. The van der Waals surface area contributed by atoms with Crippen LogP contribution >= 0.6 is 0 Å². The maximum absolute atomic E-state index is 12.3. The molecule has 2 aliphatic rings. The summed E-state index contributed by atoms with van der Waals surface area (Å²) >= 11 is -3.62. The van der Waals surface area contributed by atoms with E-state index < -0.39 is 22.2 Å². The van der Waals surface area contributed by atoms with E-state index in [0.717, 1.165) is 12.8 Å². The number of urea groups is 1. The van der Waals surface area contributed by atoms with Crippen LogP contribution in [-0.4, -0.2) is 71.0 Å². The minimum Gasteiger partial charge on any atom is -0.324 e. The van der Waals surface area contributed by atoms with Gasteiger partial charge < -0.3 is 18.9 Å². The largest absolute Gasteiger partial charge is 0.324 e. The van der Waals surface area contributed by atoms with Gasteiger partial charge in [-0.25, -0.2) is 13.2 Å². The van der Waals surface area contributed by atoms with Gasteiger partial charge in [0.15, 0.2) is 22.2 Å². The molecule has 0 bridgehead atoms. The normalized spacial score (nSPS) is 29.7. The van der Waals surface area contributed by atoms with Crippen LogP contribution in [0.5, 0.6) is 0 Å². The minimum absolute atomic E-state index is 0.0533. The first-order valence-corrected chi connectivity index (χ1v) is 9.19. The molecule has 2 N–H and O–H groups in total. The van der Waals surface area contributed by atoms with Crippen LogP contribution in [0.25, 0.3) is 0 Å². The zero-order valence-electron chi connectivity index (χ0n) is 11.1. The third kappa shape index (κ3) is 4.24. The fourth-order valence-corrected chi connectivity index (χ4v) is 4.24. The van der Waals surface area contributed by atoms with Crippen LogP contribution < -0.4 is 0 Å². The molecule has 20 heavy (non-hydrogen) atoms. The van der Waals surface area contributed by atoms with E-state index in [4.69, 9.17) is 9.11 Å². The lowest BCUT2D eigenvalue weighted by Gasteiger charge is -2.24. The summed E-state index contributed by atoms with van der Waals surface area (Å²) in [6.07, 6.45) is 1.52. The molecule has 4 unspecified atom stereocenters. The van der Waals surface area contributed by atoms with Crippen molar-refractivity contribution in [3.63, 3.8) is 0 Å². The van der Waals surface area contributed by atoms with Crippen LogP contribution in [-0.2, 0) is 22.2 Å². The van der Waals surface area contributed by atoms with Gasteiger partial charge in [-0.2, -0.15) is 0 Å². The molecule has 2 fully saturated rings. The summed E-state index contributed by atoms with van der Waals surface area (Å²) in [5.41, 5.74) is 0. The van der Waals surface area contributed by atoms with E-state index in [1.807, 2.05) is 0 Å². The Morgan fingerprint density at radius 1 is 0.950 bits per heavy atom. The highest BCUT2D eigenvalue weighted by Crippen LogP contribution is 2.22. The summed E-state index contributed by atoms with van der Waals surface area (Å²) < 4.78 is 39.3. The number of nitrogens with zero attached hydrogens (tertiary/aromatic N) is 2. The highest BCUT2D eigenvalue weighted by atomic mass is 32.2. The van der Waals surface area contributed by atoms with Gasteiger partial charge in [-0.15, -0.1) is 0 Å². The number of hydrogen-bond donors (Lipinski definition) is 2. The molecule has 2 aliphatic heterocycles. The molecule has 2 heterocycles. The summed E-state index contributed by atoms with van der Waals surface area (Å²) in [5.74, 6) is 0.618. The number of amides is 2. The predicted octanol–water partition coefficient (Wildman–Crippen LogP) is 0.194. The van der Waals surface area contributed by atoms with Crippen molar-refractivity contribution in [2.45, 2.75) is 12.8 Å². The van der Waals surface area contributed by atoms with Crippen molar-refractivity contribution < 1.29 is 22.3 Å². The van der Waals surface area contributed by atoms with Crippen LogP contribution in [0.15, 0.2) is 0 Å². The average Bonchev–Trinajstić information content (AvgIpc) is 2.96. The second-order valence-corrected chi connectivity index (χ2v) is 7.41. The Hall–Kier alpha value is -0.510. The molecule has 4 atom stereocenters. The Labute approximate surface area is 123 Å². The molecule has 116 valence electrons. The molecule has 7 nitrogen and oxygen atoms in total. The van der Waals surface area contributed by atoms with Gasteiger partial charge in [-0.05, 0) is 24.7 Å². The summed E-state index contributed by atoms with van der Waals surface area (Å²) in [6, 6.07) is -0.0533. The zero-order valence-corrected chi connectivity index (χ0v) is 12.8. The molecule has 9 heteroatoms. The van der Waals surface area contributed by atoms with Crippen molar-refractivity contribution in [1.29, 1.82) is 0 Å². The smallest absolute Gasteiger partial charge is 0.320 e. The predicted molar refractivity (Wildman–Crippen MR) is 76.0 cm³/mol. The highest BCUT2D eigenvalue weighted by Gasteiger charge is 2.33. The molecule has 0 aromatic carbocycles. The maximum Gasteiger partial charge on any atom is 0.320 e. The van der Waals surface area contributed by atoms with E-state index in [9.17, 15) is 13.2 Å². The van der Waals surface area contributed by atoms with Crippen molar-refractivity contribution in [3.8, 4) is 0 Å². The third-order valence-corrected chi connectivity index (χ3v) is 5.38. The van der Waals surface area contributed by atoms with Crippen LogP contribution in [0.3, 0.4) is 0 Å². The van der Waals surface area contributed by atoms with E-state index in [2.05, 4.69) is 0 Å². The second kappa shape index (κ2) is 6.97. The van der Waals surface area contributed by atoms with Gasteiger partial charge in [-0.3, -0.25) is 0 Å². The van der Waals surface area contributed by atoms with Gasteiger partial charge in [0.2, 0.25) is 0 Å². The Bertz CT molecular complexity index is 384. The number of carbonyl (C=O) groups is 1. The van der Waals surface area contributed by atoms with E-state index in [1.54, 1.807) is 9.80 Å². The van der Waals surface area contributed by atoms with Gasteiger partial charge in [0.25, 0.3) is 0 Å². The summed E-state index contributed by atoms with van der Waals surface area (Å²) in [7, 11) is 0. The van der Waals surface area contributed by atoms with Gasteiger partial charge in [0.1, 0.15) is 0 Å². The Morgan fingerprint density at radius 3 is 1.70 bits per heavy atom. The molecule has 2 amide bonds. The lowest BCUT2D eigenvalue weighted by Crippen LogP contribution is -2.41. The second-order valence-electron chi connectivity index (χ2n) is 5.46. The molecule has 0 spiro atoms. The fourth-order valence-electron chi connectivity index (χ4n) is 2.89. The SMILES string of the molecule is O=C(N1CCC(CS(=O)O)C1)N1CCC(CS(=O)O)C1. The molecular formula is C11H20N2O5S2. The van der Waals surface area contributed by atoms with Crippen molar-refractivity contribution in [1.82, 2.24) is 9.80 Å². The zero-order chi connectivity index (χ0) is 14.7. The summed E-state index contributed by atoms with van der Waals surface area (Å²) in [6.45, 7) is 2.29. The summed E-state index contributed by atoms with van der Waals surface area (Å²) in [5, 5.41) is 0. The molecule has 0 aromatic rings. The first-order chi connectivity index (χ1) is 9.45. The molecule has 0 saturated carbocycles. The number of rotatable bonds is 4. The first-order valence-electron chi connectivity index (χ1n) is 6.64. The van der Waals surface area contributed by atoms with Gasteiger partial charge in [0, 0.05) is 26.2 Å². The van der Waals surface area contributed by atoms with Crippen molar-refractivity contribution >= 4 is 28.2 Å². The monoisotopic (exact) mass is 324 g/mol. The highest BCUT2D eigenvalue weighted by molar-refractivity contribution is 7.79. The molecule has 2 rings (SSSR count). The van der Waals surface area contributed by atoms with Gasteiger partial charge in [-0.1, -0.05) is 0 Å². The summed E-state index contributed by atoms with van der Waals surface area (Å²) in [4.78, 5) is 15.7. The lowest BCUT2D eigenvalue weighted by atomic mass is 10.2. The van der Waals surface area contributed by atoms with E-state index in [0.29, 0.717) is 26.2 Å². The number of hydrogen-bond acceptors (Lipinski definition) is 3. The van der Waals surface area contributed by atoms with Crippen molar-refractivity contribution in [3.05, 3.63) is 0 Å². The lowest BCUT2D eigenvalue weighted by molar-refractivity contribution is 0.170. The standard InChI is InChI=1S/C11H20N2O5S2/c14-11(12-3-1-9(5-12)7-19(15)16)13-4-2-10(6-13)8-20(17)18/h9-10H,1-8H2,(H,15,16)(H,17,18). The number of carbonyl (C=O) groups excluding carboxylic acids is 1. The van der Waals surface area contributed by atoms with Crippen LogP contribution in [0.1, 0.15) is 12.8 Å². The Kier molecular flexibility index (Phi) is 5.53. The van der Waals surface area contributed by atoms with E-state index in [1.165, 1.54) is 0 Å². The number of likely N-dealkylation sites (tertiary alicyclic amines) is 2. The Morgan fingerprint density at radius 2 is 1.35 bits per heavy atom. The van der Waals surface area contributed by atoms with Crippen molar-refractivity contribution in [2.24, 2.45) is 11.8 Å². The van der Waals surface area contributed by atoms with Crippen LogP contribution in [0, 0.1) is 11.8 Å². The Balaban J connectivity index is 1.81. The third-order valence-electron chi connectivity index (χ3n) is 3.87. The van der Waals surface area contributed by atoms with Gasteiger partial charge >= 0.3 is 6.03 Å². The van der Waals surface area contributed by atoms with Crippen LogP contribution in [0.2, 0.25) is 0 Å². The molecule has 0 radical (unpaired) electrons. The van der Waals surface area contributed by atoms with Gasteiger partial charge in [0.05, 0.1) is 11.5 Å². The first kappa shape index (κ1) is 15.9. The van der Waals surface area contributed by atoms with Crippen LogP contribution in [0.4, 0.5) is 4.79 Å².